The lowest BCUT2D eigenvalue weighted by molar-refractivity contribution is 0.0643. The highest BCUT2D eigenvalue weighted by Crippen LogP contribution is 2.06. The van der Waals surface area contributed by atoms with Crippen molar-refractivity contribution in [3.05, 3.63) is 12.7 Å². The second-order valence-corrected chi connectivity index (χ2v) is 3.62. The Morgan fingerprint density at radius 1 is 1.38 bits per heavy atom. The van der Waals surface area contributed by atoms with Gasteiger partial charge in [-0.15, -0.1) is 6.58 Å². The van der Waals surface area contributed by atoms with Gasteiger partial charge in [-0.25, -0.2) is 0 Å². The van der Waals surface area contributed by atoms with Crippen LogP contribution in [0.4, 0.5) is 0 Å². The zero-order chi connectivity index (χ0) is 9.36. The zero-order valence-corrected chi connectivity index (χ0v) is 8.43. The van der Waals surface area contributed by atoms with Crippen LogP contribution in [0.25, 0.3) is 0 Å². The summed E-state index contributed by atoms with van der Waals surface area (Å²) < 4.78 is 5.69. The minimum atomic E-state index is 0.486. The van der Waals surface area contributed by atoms with Gasteiger partial charge in [0.1, 0.15) is 0 Å². The molecule has 1 heterocycles. The van der Waals surface area contributed by atoms with Crippen molar-refractivity contribution in [2.24, 2.45) is 0 Å². The van der Waals surface area contributed by atoms with E-state index in [1.54, 1.807) is 0 Å². The van der Waals surface area contributed by atoms with Gasteiger partial charge in [-0.05, 0) is 32.2 Å². The maximum atomic E-state index is 5.69. The molecule has 13 heavy (non-hydrogen) atoms. The summed E-state index contributed by atoms with van der Waals surface area (Å²) in [5.41, 5.74) is 0. The standard InChI is InChI=1S/C11H21NO/c1-2-3-4-5-6-9-13-11-7-8-12-10-11/h2,11-12H,1,3-10H2. The van der Waals surface area contributed by atoms with Crippen LogP contribution in [-0.2, 0) is 4.74 Å². The monoisotopic (exact) mass is 183 g/mol. The molecule has 1 aliphatic rings. The minimum Gasteiger partial charge on any atom is -0.377 e. The molecule has 1 aliphatic heterocycles. The van der Waals surface area contributed by atoms with E-state index in [0.29, 0.717) is 6.10 Å². The van der Waals surface area contributed by atoms with Crippen LogP contribution in [-0.4, -0.2) is 25.8 Å². The molecule has 0 spiro atoms. The zero-order valence-electron chi connectivity index (χ0n) is 8.43. The van der Waals surface area contributed by atoms with Crippen molar-refractivity contribution in [1.29, 1.82) is 0 Å². The fourth-order valence-corrected chi connectivity index (χ4v) is 1.59. The number of nitrogens with one attached hydrogen (secondary N) is 1. The average Bonchev–Trinajstić information content (AvgIpc) is 2.63. The van der Waals surface area contributed by atoms with Crippen LogP contribution >= 0.6 is 0 Å². The van der Waals surface area contributed by atoms with Crippen LogP contribution in [0.2, 0.25) is 0 Å². The number of hydrogen-bond acceptors (Lipinski definition) is 2. The molecular weight excluding hydrogens is 162 g/mol. The molecule has 1 atom stereocenters. The summed E-state index contributed by atoms with van der Waals surface area (Å²) in [6, 6.07) is 0. The number of ether oxygens (including phenoxy) is 1. The highest BCUT2D eigenvalue weighted by Gasteiger charge is 2.13. The Balaban J connectivity index is 1.80. The summed E-state index contributed by atoms with van der Waals surface area (Å²) >= 11 is 0. The molecular formula is C11H21NO. The van der Waals surface area contributed by atoms with Crippen LogP contribution in [0.15, 0.2) is 12.7 Å². The van der Waals surface area contributed by atoms with Crippen molar-refractivity contribution < 1.29 is 4.74 Å². The van der Waals surface area contributed by atoms with Gasteiger partial charge >= 0.3 is 0 Å². The van der Waals surface area contributed by atoms with Crippen molar-refractivity contribution >= 4 is 0 Å². The Bertz CT molecular complexity index is 130. The molecule has 0 radical (unpaired) electrons. The second kappa shape index (κ2) is 7.10. The Hall–Kier alpha value is -0.340. The van der Waals surface area contributed by atoms with Crippen LogP contribution in [0, 0.1) is 0 Å². The fourth-order valence-electron chi connectivity index (χ4n) is 1.59. The van der Waals surface area contributed by atoms with Gasteiger partial charge in [0.25, 0.3) is 0 Å². The first-order valence-corrected chi connectivity index (χ1v) is 5.36. The smallest absolute Gasteiger partial charge is 0.0711 e. The van der Waals surface area contributed by atoms with Gasteiger partial charge in [0.15, 0.2) is 0 Å². The Labute approximate surface area is 81.4 Å². The molecule has 2 nitrogen and oxygen atoms in total. The molecule has 1 fully saturated rings. The van der Waals surface area contributed by atoms with E-state index in [2.05, 4.69) is 11.9 Å². The van der Waals surface area contributed by atoms with Crippen molar-refractivity contribution in [1.82, 2.24) is 5.32 Å². The van der Waals surface area contributed by atoms with E-state index in [0.717, 1.165) is 26.1 Å². The molecule has 0 aliphatic carbocycles. The Morgan fingerprint density at radius 3 is 3.00 bits per heavy atom. The lowest BCUT2D eigenvalue weighted by Crippen LogP contribution is -2.17. The second-order valence-electron chi connectivity index (χ2n) is 3.62. The quantitative estimate of drug-likeness (QED) is 0.482. The van der Waals surface area contributed by atoms with Crippen molar-refractivity contribution in [2.45, 2.75) is 38.2 Å². The maximum Gasteiger partial charge on any atom is 0.0711 e. The van der Waals surface area contributed by atoms with E-state index in [-0.39, 0.29) is 0 Å². The third-order valence-corrected chi connectivity index (χ3v) is 2.42. The van der Waals surface area contributed by atoms with Crippen LogP contribution in [0.3, 0.4) is 0 Å². The number of rotatable bonds is 7. The van der Waals surface area contributed by atoms with Gasteiger partial charge in [0.2, 0.25) is 0 Å². The van der Waals surface area contributed by atoms with E-state index >= 15 is 0 Å². The minimum absolute atomic E-state index is 0.486. The van der Waals surface area contributed by atoms with E-state index in [9.17, 15) is 0 Å². The molecule has 1 rings (SSSR count). The molecule has 0 aromatic carbocycles. The van der Waals surface area contributed by atoms with Crippen molar-refractivity contribution in [2.75, 3.05) is 19.7 Å². The lowest BCUT2D eigenvalue weighted by Gasteiger charge is -2.09. The topological polar surface area (TPSA) is 21.3 Å². The normalized spacial score (nSPS) is 22.0. The highest BCUT2D eigenvalue weighted by molar-refractivity contribution is 4.70. The molecule has 0 saturated carbocycles. The third kappa shape index (κ3) is 5.06. The van der Waals surface area contributed by atoms with Crippen LogP contribution in [0.1, 0.15) is 32.1 Å². The summed E-state index contributed by atoms with van der Waals surface area (Å²) in [5.74, 6) is 0. The molecule has 0 aromatic heterocycles. The molecule has 0 bridgehead atoms. The lowest BCUT2D eigenvalue weighted by atomic mass is 10.2. The largest absolute Gasteiger partial charge is 0.377 e. The van der Waals surface area contributed by atoms with Gasteiger partial charge in [-0.1, -0.05) is 12.5 Å². The maximum absolute atomic E-state index is 5.69. The predicted molar refractivity (Wildman–Crippen MR) is 55.9 cm³/mol. The van der Waals surface area contributed by atoms with Crippen LogP contribution in [0.5, 0.6) is 0 Å². The summed E-state index contributed by atoms with van der Waals surface area (Å²) in [5, 5.41) is 3.30. The van der Waals surface area contributed by atoms with E-state index < -0.39 is 0 Å². The summed E-state index contributed by atoms with van der Waals surface area (Å²) in [6.07, 6.45) is 8.53. The summed E-state index contributed by atoms with van der Waals surface area (Å²) in [4.78, 5) is 0. The molecule has 1 N–H and O–H groups in total. The average molecular weight is 183 g/mol. The highest BCUT2D eigenvalue weighted by atomic mass is 16.5. The van der Waals surface area contributed by atoms with Crippen molar-refractivity contribution in [3.8, 4) is 0 Å². The SMILES string of the molecule is C=CCCCCCOC1CCNC1. The molecule has 1 saturated heterocycles. The van der Waals surface area contributed by atoms with Gasteiger partial charge in [0, 0.05) is 13.2 Å². The van der Waals surface area contributed by atoms with E-state index in [1.807, 2.05) is 6.08 Å². The van der Waals surface area contributed by atoms with E-state index in [4.69, 9.17) is 4.74 Å². The number of unbranched alkanes of at least 4 members (excludes halogenated alkanes) is 3. The summed E-state index contributed by atoms with van der Waals surface area (Å²) in [7, 11) is 0. The number of allylic oxidation sites excluding steroid dienone is 1. The van der Waals surface area contributed by atoms with Gasteiger partial charge < -0.3 is 10.1 Å². The molecule has 0 amide bonds. The van der Waals surface area contributed by atoms with Crippen LogP contribution < -0.4 is 5.32 Å². The predicted octanol–water partition coefficient (Wildman–Crippen LogP) is 2.11. The molecule has 0 aromatic rings. The molecule has 2 heteroatoms. The first kappa shape index (κ1) is 10.7. The summed E-state index contributed by atoms with van der Waals surface area (Å²) in [6.45, 7) is 6.81. The fraction of sp³-hybridized carbons (Fsp3) is 0.818. The van der Waals surface area contributed by atoms with Gasteiger partial charge in [-0.2, -0.15) is 0 Å². The number of hydrogen-bond donors (Lipinski definition) is 1. The molecule has 1 unspecified atom stereocenters. The van der Waals surface area contributed by atoms with E-state index in [1.165, 1.54) is 25.7 Å². The third-order valence-electron chi connectivity index (χ3n) is 2.42. The molecule has 76 valence electrons. The first-order chi connectivity index (χ1) is 6.43. The van der Waals surface area contributed by atoms with Gasteiger partial charge in [-0.3, -0.25) is 0 Å². The first-order valence-electron chi connectivity index (χ1n) is 5.36. The Morgan fingerprint density at radius 2 is 2.31 bits per heavy atom. The van der Waals surface area contributed by atoms with Crippen molar-refractivity contribution in [3.63, 3.8) is 0 Å². The van der Waals surface area contributed by atoms with Gasteiger partial charge in [0.05, 0.1) is 6.10 Å². The Kier molecular flexibility index (Phi) is 5.87.